The average molecular weight is 289 g/mol. The highest BCUT2D eigenvalue weighted by Gasteiger charge is 2.25. The first-order chi connectivity index (χ1) is 9.99. The number of likely N-dealkylation sites (N-methyl/N-ethyl adjacent to an activating group) is 1. The molecule has 1 heterocycles. The molecular weight excluding hydrogens is 266 g/mol. The molecule has 114 valence electrons. The molecule has 21 heavy (non-hydrogen) atoms. The van der Waals surface area contributed by atoms with Crippen molar-refractivity contribution >= 4 is 11.7 Å². The van der Waals surface area contributed by atoms with E-state index in [0.717, 1.165) is 24.9 Å². The summed E-state index contributed by atoms with van der Waals surface area (Å²) in [5, 5.41) is 1.28. The average Bonchev–Trinajstić information content (AvgIpc) is 2.83. The number of amides is 1. The molecule has 1 atom stereocenters. The molecule has 1 amide bonds. The summed E-state index contributed by atoms with van der Waals surface area (Å²) in [6, 6.07) is 7.50. The number of rotatable bonds is 5. The van der Waals surface area contributed by atoms with E-state index in [1.807, 2.05) is 12.1 Å². The minimum Gasteiger partial charge on any atom is -0.302 e. The first kappa shape index (κ1) is 15.7. The van der Waals surface area contributed by atoms with Crippen molar-refractivity contribution in [2.24, 2.45) is 5.84 Å². The van der Waals surface area contributed by atoms with E-state index in [9.17, 15) is 9.59 Å². The molecule has 1 aromatic rings. The molecule has 0 bridgehead atoms. The number of hydrogen-bond acceptors (Lipinski definition) is 4. The quantitative estimate of drug-likeness (QED) is 0.503. The predicted molar refractivity (Wildman–Crippen MR) is 81.7 cm³/mol. The molecule has 1 fully saturated rings. The van der Waals surface area contributed by atoms with Crippen LogP contribution in [0.5, 0.6) is 0 Å². The van der Waals surface area contributed by atoms with Gasteiger partial charge >= 0.3 is 0 Å². The second kappa shape index (κ2) is 6.83. The van der Waals surface area contributed by atoms with E-state index in [1.54, 1.807) is 12.1 Å². The Kier molecular flexibility index (Phi) is 5.09. The van der Waals surface area contributed by atoms with Crippen molar-refractivity contribution in [2.75, 3.05) is 20.1 Å². The van der Waals surface area contributed by atoms with E-state index in [-0.39, 0.29) is 18.1 Å². The topological polar surface area (TPSA) is 66.6 Å². The van der Waals surface area contributed by atoms with Crippen LogP contribution in [0, 0.1) is 0 Å². The number of hydrogen-bond donors (Lipinski definition) is 1. The number of carbonyl (C=O) groups excluding carboxylic acids is 2. The Morgan fingerprint density at radius 2 is 2.10 bits per heavy atom. The molecule has 2 N–H and O–H groups in total. The minimum absolute atomic E-state index is 0.0364. The van der Waals surface area contributed by atoms with Gasteiger partial charge < -0.3 is 4.90 Å². The van der Waals surface area contributed by atoms with Crippen LogP contribution in [0.15, 0.2) is 24.3 Å². The molecule has 0 radical (unpaired) electrons. The number of hydrazine groups is 1. The van der Waals surface area contributed by atoms with Crippen LogP contribution in [-0.2, 0) is 11.2 Å². The maximum Gasteiger partial charge on any atom is 0.268 e. The Balaban J connectivity index is 2.10. The Hall–Kier alpha value is -1.72. The minimum atomic E-state index is -0.216. The van der Waals surface area contributed by atoms with E-state index >= 15 is 0 Å². The van der Waals surface area contributed by atoms with Gasteiger partial charge in [0, 0.05) is 18.0 Å². The molecule has 2 rings (SSSR count). The van der Waals surface area contributed by atoms with Gasteiger partial charge in [-0.15, -0.1) is 0 Å². The Morgan fingerprint density at radius 1 is 1.38 bits per heavy atom. The van der Waals surface area contributed by atoms with E-state index < -0.39 is 0 Å². The highest BCUT2D eigenvalue weighted by molar-refractivity contribution is 5.96. The Labute approximate surface area is 125 Å². The lowest BCUT2D eigenvalue weighted by molar-refractivity contribution is -0.116. The maximum absolute atomic E-state index is 12.5. The Bertz CT molecular complexity index is 530. The number of ketones is 1. The molecular formula is C16H23N3O2. The van der Waals surface area contributed by atoms with Crippen LogP contribution in [0.1, 0.15) is 35.7 Å². The highest BCUT2D eigenvalue weighted by atomic mass is 16.2. The fourth-order valence-corrected chi connectivity index (χ4v) is 2.83. The van der Waals surface area contributed by atoms with Gasteiger partial charge in [0.05, 0.1) is 6.54 Å². The van der Waals surface area contributed by atoms with Crippen LogP contribution in [0.3, 0.4) is 0 Å². The fourth-order valence-electron chi connectivity index (χ4n) is 2.83. The van der Waals surface area contributed by atoms with Crippen LogP contribution in [0.4, 0.5) is 0 Å². The van der Waals surface area contributed by atoms with Crippen molar-refractivity contribution in [3.63, 3.8) is 0 Å². The molecule has 0 spiro atoms. The van der Waals surface area contributed by atoms with Crippen molar-refractivity contribution in [3.8, 4) is 0 Å². The number of nitrogens with two attached hydrogens (primary N) is 1. The summed E-state index contributed by atoms with van der Waals surface area (Å²) in [5.41, 5.74) is 1.26. The fraction of sp³-hybridized carbons (Fsp3) is 0.500. The lowest BCUT2D eigenvalue weighted by atomic mass is 10.0. The van der Waals surface area contributed by atoms with Crippen LogP contribution in [0.25, 0.3) is 0 Å². The maximum atomic E-state index is 12.5. The summed E-state index contributed by atoms with van der Waals surface area (Å²) < 4.78 is 0. The van der Waals surface area contributed by atoms with Gasteiger partial charge in [-0.3, -0.25) is 14.6 Å². The van der Waals surface area contributed by atoms with Gasteiger partial charge in [-0.05, 0) is 45.0 Å². The number of Topliss-reactive ketones (excluding diaryl/α,β-unsaturated/α-hetero) is 1. The van der Waals surface area contributed by atoms with Crippen LogP contribution in [-0.4, -0.2) is 47.8 Å². The SMILES string of the molecule is CC(=O)Cc1ccccc1C(=O)N(N)CC1CCCN1C. The summed E-state index contributed by atoms with van der Waals surface area (Å²) >= 11 is 0. The van der Waals surface area contributed by atoms with Crippen LogP contribution < -0.4 is 5.84 Å². The first-order valence-corrected chi connectivity index (χ1v) is 7.33. The van der Waals surface area contributed by atoms with Crippen LogP contribution >= 0.6 is 0 Å². The zero-order valence-corrected chi connectivity index (χ0v) is 12.7. The molecule has 0 aromatic heterocycles. The standard InChI is InChI=1S/C16H23N3O2/c1-12(20)10-13-6-3-4-8-15(13)16(21)19(17)11-14-7-5-9-18(14)2/h3-4,6,8,14H,5,7,9-11,17H2,1-2H3. The Morgan fingerprint density at radius 3 is 2.71 bits per heavy atom. The van der Waals surface area contributed by atoms with Crippen molar-refractivity contribution in [2.45, 2.75) is 32.2 Å². The van der Waals surface area contributed by atoms with E-state index in [2.05, 4.69) is 11.9 Å². The van der Waals surface area contributed by atoms with Gasteiger partial charge in [0.1, 0.15) is 5.78 Å². The zero-order chi connectivity index (χ0) is 15.4. The van der Waals surface area contributed by atoms with Crippen molar-refractivity contribution in [1.29, 1.82) is 0 Å². The molecule has 5 heteroatoms. The molecule has 5 nitrogen and oxygen atoms in total. The van der Waals surface area contributed by atoms with Crippen molar-refractivity contribution < 1.29 is 9.59 Å². The smallest absolute Gasteiger partial charge is 0.268 e. The predicted octanol–water partition coefficient (Wildman–Crippen LogP) is 1.23. The molecule has 1 aliphatic heterocycles. The number of likely N-dealkylation sites (tertiary alicyclic amines) is 1. The lowest BCUT2D eigenvalue weighted by Gasteiger charge is -2.26. The van der Waals surface area contributed by atoms with E-state index in [4.69, 9.17) is 5.84 Å². The first-order valence-electron chi connectivity index (χ1n) is 7.33. The second-order valence-electron chi connectivity index (χ2n) is 5.77. The molecule has 0 aliphatic carbocycles. The third kappa shape index (κ3) is 3.89. The van der Waals surface area contributed by atoms with Gasteiger partial charge in [0.2, 0.25) is 0 Å². The molecule has 0 saturated carbocycles. The molecule has 1 aromatic carbocycles. The third-order valence-electron chi connectivity index (χ3n) is 4.03. The number of benzene rings is 1. The van der Waals surface area contributed by atoms with Crippen LogP contribution in [0.2, 0.25) is 0 Å². The molecule has 1 saturated heterocycles. The van der Waals surface area contributed by atoms with E-state index in [0.29, 0.717) is 18.2 Å². The summed E-state index contributed by atoms with van der Waals surface area (Å²) in [6.07, 6.45) is 2.47. The van der Waals surface area contributed by atoms with Crippen molar-refractivity contribution in [1.82, 2.24) is 9.91 Å². The zero-order valence-electron chi connectivity index (χ0n) is 12.7. The van der Waals surface area contributed by atoms with Gasteiger partial charge in [0.15, 0.2) is 0 Å². The van der Waals surface area contributed by atoms with Gasteiger partial charge in [-0.2, -0.15) is 0 Å². The lowest BCUT2D eigenvalue weighted by Crippen LogP contribution is -2.46. The second-order valence-corrected chi connectivity index (χ2v) is 5.77. The van der Waals surface area contributed by atoms with E-state index in [1.165, 1.54) is 11.9 Å². The van der Waals surface area contributed by atoms with Gasteiger partial charge in [-0.1, -0.05) is 18.2 Å². The highest BCUT2D eigenvalue weighted by Crippen LogP contribution is 2.17. The number of carbonyl (C=O) groups is 2. The molecule has 1 aliphatic rings. The summed E-state index contributed by atoms with van der Waals surface area (Å²) in [6.45, 7) is 3.09. The third-order valence-corrected chi connectivity index (χ3v) is 4.03. The number of nitrogens with zero attached hydrogens (tertiary/aromatic N) is 2. The largest absolute Gasteiger partial charge is 0.302 e. The van der Waals surface area contributed by atoms with Crippen molar-refractivity contribution in [3.05, 3.63) is 35.4 Å². The monoisotopic (exact) mass is 289 g/mol. The summed E-state index contributed by atoms with van der Waals surface area (Å²) in [7, 11) is 2.06. The normalized spacial score (nSPS) is 18.7. The summed E-state index contributed by atoms with van der Waals surface area (Å²) in [5.74, 6) is 5.78. The molecule has 1 unspecified atom stereocenters. The summed E-state index contributed by atoms with van der Waals surface area (Å²) in [4.78, 5) is 26.1. The van der Waals surface area contributed by atoms with Gasteiger partial charge in [-0.25, -0.2) is 5.84 Å². The van der Waals surface area contributed by atoms with Gasteiger partial charge in [0.25, 0.3) is 5.91 Å².